The number of carbonyl (C=O) groups excluding carboxylic acids is 1. The van der Waals surface area contributed by atoms with Crippen LogP contribution in [0.4, 0.5) is 0 Å². The van der Waals surface area contributed by atoms with E-state index in [4.69, 9.17) is 4.42 Å². The first kappa shape index (κ1) is 19.5. The van der Waals surface area contributed by atoms with Gasteiger partial charge in [0.25, 0.3) is 0 Å². The predicted molar refractivity (Wildman–Crippen MR) is 117 cm³/mol. The van der Waals surface area contributed by atoms with E-state index in [-0.39, 0.29) is 11.7 Å². The van der Waals surface area contributed by atoms with Gasteiger partial charge in [0.2, 0.25) is 0 Å². The highest BCUT2D eigenvalue weighted by atomic mass is 16.4. The second-order valence-electron chi connectivity index (χ2n) is 8.00. The molecule has 1 aliphatic carbocycles. The van der Waals surface area contributed by atoms with E-state index >= 15 is 0 Å². The number of amides is 1. The van der Waals surface area contributed by atoms with E-state index in [1.165, 1.54) is 6.42 Å². The third kappa shape index (κ3) is 3.84. The molecule has 1 aliphatic heterocycles. The molecular formula is C24H24N4O3. The van der Waals surface area contributed by atoms with Crippen LogP contribution in [0.15, 0.2) is 58.4 Å². The lowest BCUT2D eigenvalue weighted by Gasteiger charge is -2.26. The summed E-state index contributed by atoms with van der Waals surface area (Å²) in [6.45, 7) is 1.71. The molecule has 5 rings (SSSR count). The van der Waals surface area contributed by atoms with Crippen molar-refractivity contribution in [2.75, 3.05) is 13.1 Å². The summed E-state index contributed by atoms with van der Waals surface area (Å²) < 4.78 is 6.13. The smallest absolute Gasteiger partial charge is 0.301 e. The lowest BCUT2D eigenvalue weighted by molar-refractivity contribution is 0.0722. The average Bonchev–Trinajstić information content (AvgIpc) is 3.44. The van der Waals surface area contributed by atoms with Crippen molar-refractivity contribution in [3.8, 4) is 22.5 Å². The second-order valence-corrected chi connectivity index (χ2v) is 8.00. The molecule has 0 atom stereocenters. The van der Waals surface area contributed by atoms with Crippen LogP contribution in [0.1, 0.15) is 47.4 Å². The van der Waals surface area contributed by atoms with E-state index < -0.39 is 0 Å². The van der Waals surface area contributed by atoms with Crippen LogP contribution in [0.5, 0.6) is 0 Å². The predicted octanol–water partition coefficient (Wildman–Crippen LogP) is 4.26. The zero-order valence-electron chi connectivity index (χ0n) is 17.2. The van der Waals surface area contributed by atoms with Gasteiger partial charge in [0.15, 0.2) is 5.76 Å². The van der Waals surface area contributed by atoms with E-state index in [0.717, 1.165) is 60.2 Å². The topological polar surface area (TPSA) is 91.0 Å². The minimum absolute atomic E-state index is 0.237. The largest absolute Gasteiger partial charge is 0.450 e. The Balaban J connectivity index is 1.52. The van der Waals surface area contributed by atoms with Gasteiger partial charge in [0.05, 0.1) is 5.71 Å². The van der Waals surface area contributed by atoms with Gasteiger partial charge in [-0.15, -0.1) is 0 Å². The van der Waals surface area contributed by atoms with Crippen LogP contribution in [0.2, 0.25) is 0 Å². The van der Waals surface area contributed by atoms with E-state index in [2.05, 4.69) is 21.6 Å². The van der Waals surface area contributed by atoms with Crippen LogP contribution in [0, 0.1) is 0 Å². The molecule has 3 heterocycles. The third-order valence-corrected chi connectivity index (χ3v) is 5.99. The van der Waals surface area contributed by atoms with Crippen molar-refractivity contribution >= 4 is 11.6 Å². The minimum atomic E-state index is -0.237. The number of fused-ring (bicyclic) bond motifs is 1. The van der Waals surface area contributed by atoms with E-state index in [1.807, 2.05) is 29.3 Å². The van der Waals surface area contributed by atoms with E-state index in [0.29, 0.717) is 17.9 Å². The molecule has 0 unspecified atom stereocenters. The molecule has 7 heteroatoms. The number of rotatable bonds is 4. The lowest BCUT2D eigenvalue weighted by atomic mass is 9.99. The SMILES string of the molecule is O=C(NN1CCCCC1)c1cc(-c2ccncc2)c(-c2ccc3c(c2)CCC3=NO)o1. The van der Waals surface area contributed by atoms with Gasteiger partial charge < -0.3 is 9.62 Å². The number of nitrogens with one attached hydrogen (secondary N) is 1. The van der Waals surface area contributed by atoms with Gasteiger partial charge in [-0.05, 0) is 61.1 Å². The maximum Gasteiger partial charge on any atom is 0.301 e. The Morgan fingerprint density at radius 3 is 2.58 bits per heavy atom. The number of hydrazine groups is 1. The zero-order chi connectivity index (χ0) is 21.2. The van der Waals surface area contributed by atoms with Crippen LogP contribution >= 0.6 is 0 Å². The van der Waals surface area contributed by atoms with Gasteiger partial charge >= 0.3 is 5.91 Å². The van der Waals surface area contributed by atoms with Gasteiger partial charge in [0, 0.05) is 42.2 Å². The molecule has 31 heavy (non-hydrogen) atoms. The number of furan rings is 1. The molecule has 0 bridgehead atoms. The summed E-state index contributed by atoms with van der Waals surface area (Å²) in [5.74, 6) is 0.692. The number of benzene rings is 1. The van der Waals surface area contributed by atoms with Crippen molar-refractivity contribution in [1.82, 2.24) is 15.4 Å². The Morgan fingerprint density at radius 2 is 1.81 bits per heavy atom. The minimum Gasteiger partial charge on any atom is -0.450 e. The van der Waals surface area contributed by atoms with Crippen molar-refractivity contribution in [2.24, 2.45) is 5.16 Å². The molecule has 0 radical (unpaired) electrons. The molecule has 2 N–H and O–H groups in total. The molecule has 2 aliphatic rings. The highest BCUT2D eigenvalue weighted by Crippen LogP contribution is 2.37. The molecule has 7 nitrogen and oxygen atoms in total. The van der Waals surface area contributed by atoms with E-state index in [1.54, 1.807) is 18.5 Å². The van der Waals surface area contributed by atoms with E-state index in [9.17, 15) is 10.0 Å². The summed E-state index contributed by atoms with van der Waals surface area (Å²) in [7, 11) is 0. The fourth-order valence-electron chi connectivity index (χ4n) is 4.38. The van der Waals surface area contributed by atoms with Crippen molar-refractivity contribution in [2.45, 2.75) is 32.1 Å². The zero-order valence-corrected chi connectivity index (χ0v) is 17.2. The van der Waals surface area contributed by atoms with Crippen LogP contribution in [0.25, 0.3) is 22.5 Å². The number of hydrogen-bond acceptors (Lipinski definition) is 6. The molecule has 0 saturated carbocycles. The first-order valence-corrected chi connectivity index (χ1v) is 10.7. The van der Waals surface area contributed by atoms with Crippen molar-refractivity contribution in [3.63, 3.8) is 0 Å². The molecule has 1 amide bonds. The number of hydrogen-bond donors (Lipinski definition) is 2. The highest BCUT2D eigenvalue weighted by molar-refractivity contribution is 6.04. The summed E-state index contributed by atoms with van der Waals surface area (Å²) in [6, 6.07) is 11.6. The summed E-state index contributed by atoms with van der Waals surface area (Å²) in [5, 5.41) is 14.6. The molecule has 2 aromatic heterocycles. The normalized spacial score (nSPS) is 17.6. The fourth-order valence-corrected chi connectivity index (χ4v) is 4.38. The Hall–Kier alpha value is -3.45. The van der Waals surface area contributed by atoms with Gasteiger partial charge in [-0.3, -0.25) is 15.2 Å². The lowest BCUT2D eigenvalue weighted by Crippen LogP contribution is -2.44. The number of aryl methyl sites for hydroxylation is 1. The van der Waals surface area contributed by atoms with Gasteiger partial charge in [-0.1, -0.05) is 23.7 Å². The fraction of sp³-hybridized carbons (Fsp3) is 0.292. The molecule has 0 spiro atoms. The molecule has 3 aromatic rings. The maximum atomic E-state index is 12.9. The Bertz CT molecular complexity index is 1130. The number of nitrogens with zero attached hydrogens (tertiary/aromatic N) is 3. The summed E-state index contributed by atoms with van der Waals surface area (Å²) >= 11 is 0. The number of pyridine rings is 1. The van der Waals surface area contributed by atoms with Crippen LogP contribution in [-0.2, 0) is 6.42 Å². The second kappa shape index (κ2) is 8.35. The molecular weight excluding hydrogens is 392 g/mol. The van der Waals surface area contributed by atoms with Crippen LogP contribution in [-0.4, -0.2) is 39.9 Å². The molecule has 1 fully saturated rings. The van der Waals surface area contributed by atoms with Gasteiger partial charge in [-0.25, -0.2) is 5.01 Å². The molecule has 158 valence electrons. The number of carbonyl (C=O) groups is 1. The highest BCUT2D eigenvalue weighted by Gasteiger charge is 2.24. The third-order valence-electron chi connectivity index (χ3n) is 5.99. The first-order valence-electron chi connectivity index (χ1n) is 10.7. The average molecular weight is 416 g/mol. The van der Waals surface area contributed by atoms with Crippen molar-refractivity contribution in [1.29, 1.82) is 0 Å². The summed E-state index contributed by atoms with van der Waals surface area (Å²) in [6.07, 6.45) is 8.35. The molecule has 1 saturated heterocycles. The van der Waals surface area contributed by atoms with Crippen molar-refractivity contribution in [3.05, 3.63) is 65.7 Å². The Kier molecular flexibility index (Phi) is 5.26. The van der Waals surface area contributed by atoms with Gasteiger partial charge in [-0.2, -0.15) is 0 Å². The van der Waals surface area contributed by atoms with Gasteiger partial charge in [0.1, 0.15) is 5.76 Å². The summed E-state index contributed by atoms with van der Waals surface area (Å²) in [4.78, 5) is 17.0. The quantitative estimate of drug-likeness (QED) is 0.490. The van der Waals surface area contributed by atoms with Crippen LogP contribution < -0.4 is 5.43 Å². The first-order chi connectivity index (χ1) is 15.2. The molecule has 1 aromatic carbocycles. The standard InChI is InChI=1S/C24H24N4O3/c29-24(26-28-12-2-1-3-13-28)22-15-20(16-8-10-25-11-9-16)23(31-22)18-4-6-19-17(14-18)5-7-21(19)27-30/h4,6,8-11,14-15,30H,1-3,5,7,12-13H2,(H,26,29). The number of piperidine rings is 1. The number of oxime groups is 1. The monoisotopic (exact) mass is 416 g/mol. The Morgan fingerprint density at radius 1 is 1.00 bits per heavy atom. The van der Waals surface area contributed by atoms with Crippen molar-refractivity contribution < 1.29 is 14.4 Å². The summed E-state index contributed by atoms with van der Waals surface area (Å²) in [5.41, 5.74) is 8.43. The van der Waals surface area contributed by atoms with Crippen LogP contribution in [0.3, 0.4) is 0 Å². The Labute approximate surface area is 180 Å². The maximum absolute atomic E-state index is 12.9. The number of aromatic nitrogens is 1.